The van der Waals surface area contributed by atoms with Crippen molar-refractivity contribution in [2.24, 2.45) is 5.92 Å². The second kappa shape index (κ2) is 6.98. The molecular weight excluding hydrogens is 276 g/mol. The Morgan fingerprint density at radius 2 is 2.14 bits per heavy atom. The molecule has 2 unspecified atom stereocenters. The van der Waals surface area contributed by atoms with Crippen LogP contribution < -0.4 is 5.32 Å². The van der Waals surface area contributed by atoms with Gasteiger partial charge >= 0.3 is 12.0 Å². The number of aromatic nitrogens is 2. The maximum absolute atomic E-state index is 12.3. The summed E-state index contributed by atoms with van der Waals surface area (Å²) in [6.07, 6.45) is 3.75. The summed E-state index contributed by atoms with van der Waals surface area (Å²) >= 11 is 0. The van der Waals surface area contributed by atoms with Gasteiger partial charge in [-0.05, 0) is 12.5 Å². The van der Waals surface area contributed by atoms with Crippen molar-refractivity contribution in [3.8, 4) is 0 Å². The Hall–Kier alpha value is -2.22. The number of nitrogens with zero attached hydrogens (tertiary/aromatic N) is 3. The highest BCUT2D eigenvalue weighted by atomic mass is 16.5. The van der Waals surface area contributed by atoms with Gasteiger partial charge in [0.05, 0.1) is 19.3 Å². The molecule has 21 heavy (non-hydrogen) atoms. The lowest BCUT2D eigenvalue weighted by atomic mass is 10.0. The Balaban J connectivity index is 2.10. The van der Waals surface area contributed by atoms with Crippen LogP contribution in [0.1, 0.15) is 13.3 Å². The maximum Gasteiger partial charge on any atom is 0.324 e. The van der Waals surface area contributed by atoms with Crippen LogP contribution in [-0.4, -0.2) is 57.8 Å². The number of hydrogen-bond donors (Lipinski definition) is 2. The smallest absolute Gasteiger partial charge is 0.324 e. The van der Waals surface area contributed by atoms with Gasteiger partial charge < -0.3 is 14.7 Å². The Labute approximate surface area is 122 Å². The van der Waals surface area contributed by atoms with E-state index in [-0.39, 0.29) is 19.2 Å². The van der Waals surface area contributed by atoms with Crippen LogP contribution in [-0.2, 0) is 9.53 Å². The Morgan fingerprint density at radius 3 is 2.76 bits per heavy atom. The van der Waals surface area contributed by atoms with Crippen LogP contribution in [0.3, 0.4) is 0 Å². The quantitative estimate of drug-likeness (QED) is 0.833. The molecule has 0 aromatic carbocycles. The number of carboxylic acids is 1. The lowest BCUT2D eigenvalue weighted by molar-refractivity contribution is -0.142. The number of carbonyl (C=O) groups excluding carboxylic acids is 1. The summed E-state index contributed by atoms with van der Waals surface area (Å²) < 4.78 is 5.22. The van der Waals surface area contributed by atoms with Gasteiger partial charge in [0.15, 0.2) is 0 Å². The van der Waals surface area contributed by atoms with Crippen molar-refractivity contribution in [2.45, 2.75) is 19.4 Å². The largest absolute Gasteiger partial charge is 0.481 e. The molecule has 8 heteroatoms. The highest BCUT2D eigenvalue weighted by Gasteiger charge is 2.39. The molecule has 0 radical (unpaired) electrons. The predicted molar refractivity (Wildman–Crippen MR) is 73.8 cm³/mol. The fourth-order valence-corrected chi connectivity index (χ4v) is 2.28. The Kier molecular flexibility index (Phi) is 5.04. The van der Waals surface area contributed by atoms with Gasteiger partial charge in [0.1, 0.15) is 5.92 Å². The molecule has 2 N–H and O–H groups in total. The molecule has 1 aliphatic rings. The zero-order valence-electron chi connectivity index (χ0n) is 11.7. The first kappa shape index (κ1) is 15.2. The normalized spacial score (nSPS) is 21.0. The van der Waals surface area contributed by atoms with E-state index in [9.17, 15) is 14.7 Å². The highest BCUT2D eigenvalue weighted by Crippen LogP contribution is 2.21. The van der Waals surface area contributed by atoms with Crippen LogP contribution in [0.25, 0.3) is 0 Å². The second-order valence-electron chi connectivity index (χ2n) is 4.75. The molecule has 2 rings (SSSR count). The molecule has 114 valence electrons. The van der Waals surface area contributed by atoms with Crippen LogP contribution in [0.5, 0.6) is 0 Å². The molecule has 0 aliphatic carbocycles. The molecular formula is C13H18N4O4. The van der Waals surface area contributed by atoms with E-state index in [0.717, 1.165) is 0 Å². The van der Waals surface area contributed by atoms with E-state index in [1.54, 1.807) is 6.07 Å². The molecule has 2 amide bonds. The number of hydrogen-bond acceptors (Lipinski definition) is 5. The van der Waals surface area contributed by atoms with E-state index in [2.05, 4.69) is 15.3 Å². The van der Waals surface area contributed by atoms with E-state index in [1.807, 2.05) is 6.92 Å². The first-order valence-corrected chi connectivity index (χ1v) is 6.78. The third-order valence-corrected chi connectivity index (χ3v) is 3.28. The van der Waals surface area contributed by atoms with Crippen molar-refractivity contribution in [1.29, 1.82) is 0 Å². The SMILES string of the molecule is CCCN(C(=O)Nc1ncccn1)C1COCC1C(=O)O. The van der Waals surface area contributed by atoms with E-state index >= 15 is 0 Å². The van der Waals surface area contributed by atoms with Crippen LogP contribution in [0.4, 0.5) is 10.7 Å². The first-order valence-electron chi connectivity index (χ1n) is 6.78. The summed E-state index contributed by atoms with van der Waals surface area (Å²) in [5.41, 5.74) is 0. The monoisotopic (exact) mass is 294 g/mol. The van der Waals surface area contributed by atoms with Crippen LogP contribution in [0.2, 0.25) is 0 Å². The lowest BCUT2D eigenvalue weighted by Gasteiger charge is -2.29. The molecule has 0 spiro atoms. The molecule has 2 heterocycles. The molecule has 8 nitrogen and oxygen atoms in total. The van der Waals surface area contributed by atoms with Crippen molar-refractivity contribution in [2.75, 3.05) is 25.1 Å². The number of nitrogens with one attached hydrogen (secondary N) is 1. The Bertz CT molecular complexity index is 496. The number of carbonyl (C=O) groups is 2. The van der Waals surface area contributed by atoms with Crippen molar-refractivity contribution >= 4 is 17.9 Å². The number of ether oxygens (including phenoxy) is 1. The maximum atomic E-state index is 12.3. The number of amides is 2. The number of carboxylic acid groups (broad SMARTS) is 1. The number of urea groups is 1. The third-order valence-electron chi connectivity index (χ3n) is 3.28. The van der Waals surface area contributed by atoms with Crippen LogP contribution >= 0.6 is 0 Å². The van der Waals surface area contributed by atoms with Crippen molar-refractivity contribution in [1.82, 2.24) is 14.9 Å². The van der Waals surface area contributed by atoms with Gasteiger partial charge in [0.25, 0.3) is 0 Å². The third kappa shape index (κ3) is 3.66. The number of aliphatic carboxylic acids is 1. The van der Waals surface area contributed by atoms with Crippen molar-refractivity contribution in [3.63, 3.8) is 0 Å². The predicted octanol–water partition coefficient (Wildman–Crippen LogP) is 0.820. The van der Waals surface area contributed by atoms with Crippen LogP contribution in [0, 0.1) is 5.92 Å². The number of anilines is 1. The van der Waals surface area contributed by atoms with Gasteiger partial charge in [-0.15, -0.1) is 0 Å². The summed E-state index contributed by atoms with van der Waals surface area (Å²) in [5, 5.41) is 11.8. The van der Waals surface area contributed by atoms with E-state index in [4.69, 9.17) is 4.74 Å². The van der Waals surface area contributed by atoms with Gasteiger partial charge in [-0.2, -0.15) is 0 Å². The topological polar surface area (TPSA) is 105 Å². The van der Waals surface area contributed by atoms with Crippen molar-refractivity contribution < 1.29 is 19.4 Å². The van der Waals surface area contributed by atoms with Crippen molar-refractivity contribution in [3.05, 3.63) is 18.5 Å². The minimum absolute atomic E-state index is 0.120. The molecule has 1 aliphatic heterocycles. The minimum Gasteiger partial charge on any atom is -0.481 e. The fraction of sp³-hybridized carbons (Fsp3) is 0.538. The summed E-state index contributed by atoms with van der Waals surface area (Å²) in [6.45, 7) is 2.71. The minimum atomic E-state index is -0.956. The molecule has 1 aromatic heterocycles. The van der Waals surface area contributed by atoms with E-state index in [1.165, 1.54) is 17.3 Å². The highest BCUT2D eigenvalue weighted by molar-refractivity contribution is 5.88. The van der Waals surface area contributed by atoms with Gasteiger partial charge in [-0.3, -0.25) is 10.1 Å². The molecule has 0 saturated carbocycles. The first-order chi connectivity index (χ1) is 10.1. The zero-order chi connectivity index (χ0) is 15.2. The zero-order valence-corrected chi connectivity index (χ0v) is 11.7. The molecule has 1 saturated heterocycles. The summed E-state index contributed by atoms with van der Waals surface area (Å²) in [5.74, 6) is -1.48. The average Bonchev–Trinajstić information content (AvgIpc) is 2.95. The second-order valence-corrected chi connectivity index (χ2v) is 4.75. The van der Waals surface area contributed by atoms with E-state index < -0.39 is 24.0 Å². The van der Waals surface area contributed by atoms with Gasteiger partial charge in [-0.1, -0.05) is 6.92 Å². The van der Waals surface area contributed by atoms with Gasteiger partial charge in [-0.25, -0.2) is 14.8 Å². The van der Waals surface area contributed by atoms with E-state index in [0.29, 0.717) is 13.0 Å². The fourth-order valence-electron chi connectivity index (χ4n) is 2.28. The molecule has 1 fully saturated rings. The summed E-state index contributed by atoms with van der Waals surface area (Å²) in [4.78, 5) is 32.9. The van der Waals surface area contributed by atoms with Crippen LogP contribution in [0.15, 0.2) is 18.5 Å². The number of rotatable bonds is 5. The molecule has 2 atom stereocenters. The molecule has 1 aromatic rings. The van der Waals surface area contributed by atoms with Gasteiger partial charge in [0.2, 0.25) is 5.95 Å². The lowest BCUT2D eigenvalue weighted by Crippen LogP contribution is -2.48. The average molecular weight is 294 g/mol. The summed E-state index contributed by atoms with van der Waals surface area (Å²) in [6, 6.07) is 0.751. The summed E-state index contributed by atoms with van der Waals surface area (Å²) in [7, 11) is 0. The Morgan fingerprint density at radius 1 is 1.43 bits per heavy atom. The molecule has 0 bridgehead atoms. The van der Waals surface area contributed by atoms with Gasteiger partial charge in [0, 0.05) is 18.9 Å². The standard InChI is InChI=1S/C13H18N4O4/c1-2-6-17(10-8-21-7-9(10)11(18)19)13(20)16-12-14-4-3-5-15-12/h3-5,9-10H,2,6-8H2,1H3,(H,18,19)(H,14,15,16,20).